The summed E-state index contributed by atoms with van der Waals surface area (Å²) >= 11 is 0. The summed E-state index contributed by atoms with van der Waals surface area (Å²) in [5.41, 5.74) is 0. The van der Waals surface area contributed by atoms with Gasteiger partial charge >= 0.3 is 0 Å². The Kier molecular flexibility index (Phi) is 7.43. The molecule has 0 spiro atoms. The standard InChI is InChI=1S/C15H35FO5Si3/c1-22(2,3)19-11(10-16)12-13(20-23(4,5)6)14(15(17)18-12)21-24(7,8)9/h11-15,17H,10H2,1-9H3/t11-,12+,13+,14-,15-/m1/s1. The minimum atomic E-state index is -1.97. The summed E-state index contributed by atoms with van der Waals surface area (Å²) in [6, 6.07) is 0. The number of alkyl halides is 1. The summed E-state index contributed by atoms with van der Waals surface area (Å²) in [7, 11) is -5.85. The minimum Gasteiger partial charge on any atom is -0.409 e. The highest BCUT2D eigenvalue weighted by molar-refractivity contribution is 6.70. The van der Waals surface area contributed by atoms with Crippen molar-refractivity contribution in [1.29, 1.82) is 0 Å². The fraction of sp³-hybridized carbons (Fsp3) is 1.00. The second-order valence-electron chi connectivity index (χ2n) is 9.30. The highest BCUT2D eigenvalue weighted by atomic mass is 28.4. The molecule has 0 aromatic carbocycles. The lowest BCUT2D eigenvalue weighted by atomic mass is 10.1. The zero-order valence-electron chi connectivity index (χ0n) is 16.6. The summed E-state index contributed by atoms with van der Waals surface area (Å²) in [4.78, 5) is 0. The summed E-state index contributed by atoms with van der Waals surface area (Å²) in [5.74, 6) is 0. The zero-order chi connectivity index (χ0) is 18.9. The molecule has 5 atom stereocenters. The third-order valence-electron chi connectivity index (χ3n) is 3.23. The van der Waals surface area contributed by atoms with Crippen LogP contribution in [0.15, 0.2) is 0 Å². The van der Waals surface area contributed by atoms with E-state index in [1.54, 1.807) is 0 Å². The van der Waals surface area contributed by atoms with Crippen LogP contribution in [0, 0.1) is 0 Å². The second-order valence-corrected chi connectivity index (χ2v) is 22.7. The zero-order valence-corrected chi connectivity index (χ0v) is 19.6. The van der Waals surface area contributed by atoms with Crippen molar-refractivity contribution in [3.63, 3.8) is 0 Å². The van der Waals surface area contributed by atoms with E-state index >= 15 is 0 Å². The van der Waals surface area contributed by atoms with Crippen molar-refractivity contribution in [1.82, 2.24) is 0 Å². The monoisotopic (exact) mass is 398 g/mol. The Morgan fingerprint density at radius 1 is 0.875 bits per heavy atom. The normalized spacial score (nSPS) is 30.6. The topological polar surface area (TPSA) is 57.2 Å². The van der Waals surface area contributed by atoms with Crippen LogP contribution in [0.1, 0.15) is 0 Å². The maximum Gasteiger partial charge on any atom is 0.184 e. The van der Waals surface area contributed by atoms with Gasteiger partial charge in [-0.1, -0.05) is 0 Å². The highest BCUT2D eigenvalue weighted by Gasteiger charge is 2.52. The summed E-state index contributed by atoms with van der Waals surface area (Å²) in [5, 5.41) is 10.4. The van der Waals surface area contributed by atoms with Crippen LogP contribution in [0.5, 0.6) is 0 Å². The molecule has 0 unspecified atom stereocenters. The molecule has 0 saturated carbocycles. The van der Waals surface area contributed by atoms with E-state index in [9.17, 15) is 9.50 Å². The first kappa shape index (κ1) is 22.4. The Hall–Kier alpha value is 0.381. The van der Waals surface area contributed by atoms with E-state index in [4.69, 9.17) is 18.0 Å². The van der Waals surface area contributed by atoms with Crippen molar-refractivity contribution in [3.05, 3.63) is 0 Å². The summed E-state index contributed by atoms with van der Waals surface area (Å²) in [6.45, 7) is 17.7. The summed E-state index contributed by atoms with van der Waals surface area (Å²) in [6.07, 6.45) is -3.65. The molecule has 0 amide bonds. The van der Waals surface area contributed by atoms with Crippen LogP contribution >= 0.6 is 0 Å². The molecular formula is C15H35FO5Si3. The molecule has 1 N–H and O–H groups in total. The number of rotatable bonds is 8. The van der Waals surface area contributed by atoms with Crippen LogP contribution in [-0.4, -0.2) is 67.4 Å². The van der Waals surface area contributed by atoms with Crippen molar-refractivity contribution in [2.45, 2.75) is 89.6 Å². The van der Waals surface area contributed by atoms with Crippen molar-refractivity contribution >= 4 is 25.0 Å². The van der Waals surface area contributed by atoms with Crippen LogP contribution in [0.3, 0.4) is 0 Å². The Balaban J connectivity index is 3.07. The van der Waals surface area contributed by atoms with Gasteiger partial charge in [0.05, 0.1) is 0 Å². The average molecular weight is 399 g/mol. The van der Waals surface area contributed by atoms with E-state index in [1.165, 1.54) is 0 Å². The van der Waals surface area contributed by atoms with Crippen LogP contribution in [0.25, 0.3) is 0 Å². The van der Waals surface area contributed by atoms with Crippen LogP contribution < -0.4 is 0 Å². The number of ether oxygens (including phenoxy) is 1. The maximum absolute atomic E-state index is 13.7. The van der Waals surface area contributed by atoms with Gasteiger partial charge in [0.25, 0.3) is 0 Å². The van der Waals surface area contributed by atoms with Crippen LogP contribution in [-0.2, 0) is 18.0 Å². The average Bonchev–Trinajstić information content (AvgIpc) is 2.60. The molecule has 1 saturated heterocycles. The number of aliphatic hydroxyl groups is 1. The lowest BCUT2D eigenvalue weighted by molar-refractivity contribution is -0.142. The number of halogens is 1. The third-order valence-corrected chi connectivity index (χ3v) is 6.20. The minimum absolute atomic E-state index is 0.518. The molecule has 0 aliphatic carbocycles. The molecule has 1 heterocycles. The molecule has 5 nitrogen and oxygen atoms in total. The fourth-order valence-electron chi connectivity index (χ4n) is 2.68. The first-order valence-corrected chi connectivity index (χ1v) is 18.8. The Morgan fingerprint density at radius 2 is 1.33 bits per heavy atom. The lowest BCUT2D eigenvalue weighted by Crippen LogP contribution is -2.52. The molecule has 144 valence electrons. The largest absolute Gasteiger partial charge is 0.409 e. The maximum atomic E-state index is 13.7. The lowest BCUT2D eigenvalue weighted by Gasteiger charge is -2.36. The Bertz CT molecular complexity index is 405. The summed E-state index contributed by atoms with van der Waals surface area (Å²) < 4.78 is 37.7. The molecule has 24 heavy (non-hydrogen) atoms. The molecule has 1 aliphatic heterocycles. The predicted molar refractivity (Wildman–Crippen MR) is 102 cm³/mol. The number of aliphatic hydroxyl groups excluding tert-OH is 1. The van der Waals surface area contributed by atoms with Gasteiger partial charge in [-0.05, 0) is 58.9 Å². The van der Waals surface area contributed by atoms with Gasteiger partial charge in [-0.3, -0.25) is 0 Å². The smallest absolute Gasteiger partial charge is 0.184 e. The first-order valence-electron chi connectivity index (χ1n) is 8.56. The van der Waals surface area contributed by atoms with Gasteiger partial charge in [0, 0.05) is 0 Å². The van der Waals surface area contributed by atoms with E-state index in [0.717, 1.165) is 0 Å². The predicted octanol–water partition coefficient (Wildman–Crippen LogP) is 3.33. The van der Waals surface area contributed by atoms with Gasteiger partial charge in [-0.25, -0.2) is 4.39 Å². The number of hydrogen-bond donors (Lipinski definition) is 1. The highest BCUT2D eigenvalue weighted by Crippen LogP contribution is 2.33. The molecule has 0 aromatic rings. The Morgan fingerprint density at radius 3 is 1.71 bits per heavy atom. The van der Waals surface area contributed by atoms with E-state index < -0.39 is 62.3 Å². The fourth-order valence-corrected chi connectivity index (χ4v) is 5.94. The molecule has 9 heteroatoms. The van der Waals surface area contributed by atoms with Crippen LogP contribution in [0.4, 0.5) is 4.39 Å². The molecule has 1 fully saturated rings. The van der Waals surface area contributed by atoms with E-state index in [1.807, 2.05) is 39.3 Å². The van der Waals surface area contributed by atoms with Crippen LogP contribution in [0.2, 0.25) is 58.9 Å². The first-order chi connectivity index (χ1) is 10.6. The second kappa shape index (κ2) is 7.95. The number of hydrogen-bond acceptors (Lipinski definition) is 5. The van der Waals surface area contributed by atoms with Gasteiger partial charge in [-0.15, -0.1) is 0 Å². The molecule has 1 rings (SSSR count). The quantitative estimate of drug-likeness (QED) is 0.636. The van der Waals surface area contributed by atoms with E-state index in [-0.39, 0.29) is 0 Å². The van der Waals surface area contributed by atoms with Crippen molar-refractivity contribution in [2.24, 2.45) is 0 Å². The van der Waals surface area contributed by atoms with E-state index in [2.05, 4.69) is 19.6 Å². The molecule has 0 bridgehead atoms. The van der Waals surface area contributed by atoms with E-state index in [0.29, 0.717) is 0 Å². The van der Waals surface area contributed by atoms with Gasteiger partial charge in [0.15, 0.2) is 31.2 Å². The van der Waals surface area contributed by atoms with Gasteiger partial charge < -0.3 is 23.1 Å². The Labute approximate surface area is 149 Å². The van der Waals surface area contributed by atoms with Crippen molar-refractivity contribution in [2.75, 3.05) is 6.67 Å². The molecule has 0 aromatic heterocycles. The SMILES string of the molecule is C[Si](C)(C)O[C@@H]1[C@@H](O[Si](C)(C)C)[C@H](O)O[C@H]1[C@@H](CF)O[Si](C)(C)C. The van der Waals surface area contributed by atoms with Gasteiger partial charge in [0.1, 0.15) is 31.1 Å². The molecule has 1 aliphatic rings. The molecular weight excluding hydrogens is 363 g/mol. The molecule has 0 radical (unpaired) electrons. The van der Waals surface area contributed by atoms with Gasteiger partial charge in [-0.2, -0.15) is 0 Å². The van der Waals surface area contributed by atoms with Crippen molar-refractivity contribution in [3.8, 4) is 0 Å². The third kappa shape index (κ3) is 7.32. The van der Waals surface area contributed by atoms with Gasteiger partial charge in [0.2, 0.25) is 0 Å². The van der Waals surface area contributed by atoms with Crippen molar-refractivity contribution < 1.29 is 27.5 Å².